The van der Waals surface area contributed by atoms with Crippen LogP contribution in [0.3, 0.4) is 0 Å². The summed E-state index contributed by atoms with van der Waals surface area (Å²) in [5.41, 5.74) is 4.23. The van der Waals surface area contributed by atoms with Crippen LogP contribution in [0.2, 0.25) is 0 Å². The Hall–Kier alpha value is -4.52. The van der Waals surface area contributed by atoms with Gasteiger partial charge in [0.15, 0.2) is 0 Å². The number of halogens is 1. The van der Waals surface area contributed by atoms with Crippen molar-refractivity contribution >= 4 is 66.8 Å². The van der Waals surface area contributed by atoms with Crippen LogP contribution in [-0.2, 0) is 30.8 Å². The lowest BCUT2D eigenvalue weighted by molar-refractivity contribution is -0.131. The number of nitrogens with zero attached hydrogens (tertiary/aromatic N) is 1. The maximum atomic E-state index is 13.3. The van der Waals surface area contributed by atoms with Gasteiger partial charge in [-0.25, -0.2) is 13.1 Å². The molecule has 0 aliphatic carbocycles. The molecule has 0 unspecified atom stereocenters. The van der Waals surface area contributed by atoms with Gasteiger partial charge in [-0.05, 0) is 71.3 Å². The van der Waals surface area contributed by atoms with Gasteiger partial charge in [-0.3, -0.25) is 24.1 Å². The monoisotopic (exact) mass is 717 g/mol. The SMILES string of the molecule is Cc1ccc(S(=O)(=O)NC(=O)[C@H](Cc2ccc(Br)cc2)NC(=O)CN2C(=O)SC(=Cc3ccc(-c4ccccc4)cc3)C2=O)cc1. The quantitative estimate of drug-likeness (QED) is 0.202. The van der Waals surface area contributed by atoms with Crippen LogP contribution in [0.25, 0.3) is 17.2 Å². The third kappa shape index (κ3) is 8.19. The summed E-state index contributed by atoms with van der Waals surface area (Å²) < 4.78 is 28.7. The second kappa shape index (κ2) is 14.3. The van der Waals surface area contributed by atoms with E-state index >= 15 is 0 Å². The number of sulfonamides is 1. The molecule has 2 N–H and O–H groups in total. The number of hydrogen-bond donors (Lipinski definition) is 2. The summed E-state index contributed by atoms with van der Waals surface area (Å²) in [7, 11) is -4.24. The Balaban J connectivity index is 1.28. The van der Waals surface area contributed by atoms with Crippen molar-refractivity contribution < 1.29 is 27.6 Å². The van der Waals surface area contributed by atoms with Gasteiger partial charge >= 0.3 is 0 Å². The molecule has 1 aliphatic heterocycles. The Kier molecular flexibility index (Phi) is 10.2. The lowest BCUT2D eigenvalue weighted by atomic mass is 10.0. The van der Waals surface area contributed by atoms with E-state index in [1.54, 1.807) is 49.4 Å². The van der Waals surface area contributed by atoms with E-state index in [-0.39, 0.29) is 16.2 Å². The van der Waals surface area contributed by atoms with E-state index in [1.807, 2.05) is 59.3 Å². The van der Waals surface area contributed by atoms with E-state index in [1.165, 1.54) is 12.1 Å². The van der Waals surface area contributed by atoms with Gasteiger partial charge in [0.1, 0.15) is 12.6 Å². The topological polar surface area (TPSA) is 130 Å². The average molecular weight is 719 g/mol. The fraction of sp³-hybridized carbons (Fsp3) is 0.118. The minimum atomic E-state index is -4.24. The molecule has 0 spiro atoms. The average Bonchev–Trinajstić information content (AvgIpc) is 3.29. The first kappa shape index (κ1) is 32.9. The van der Waals surface area contributed by atoms with Crippen LogP contribution in [-0.4, -0.2) is 48.9 Å². The molecule has 4 aromatic rings. The van der Waals surface area contributed by atoms with Crippen LogP contribution in [0.15, 0.2) is 117 Å². The highest BCUT2D eigenvalue weighted by atomic mass is 79.9. The van der Waals surface area contributed by atoms with Crippen molar-refractivity contribution in [3.05, 3.63) is 129 Å². The van der Waals surface area contributed by atoms with Crippen LogP contribution in [0.5, 0.6) is 0 Å². The van der Waals surface area contributed by atoms with Crippen LogP contribution < -0.4 is 10.0 Å². The Bertz CT molecular complexity index is 1910. The van der Waals surface area contributed by atoms with Gasteiger partial charge in [0.2, 0.25) is 5.91 Å². The summed E-state index contributed by atoms with van der Waals surface area (Å²) in [4.78, 5) is 53.1. The first-order chi connectivity index (χ1) is 22.0. The molecule has 234 valence electrons. The highest BCUT2D eigenvalue weighted by Gasteiger charge is 2.37. The molecule has 1 atom stereocenters. The Morgan fingerprint density at radius 3 is 2.15 bits per heavy atom. The van der Waals surface area contributed by atoms with Crippen LogP contribution in [0.4, 0.5) is 4.79 Å². The first-order valence-corrected chi connectivity index (χ1v) is 17.2. The number of aryl methyl sites for hydroxylation is 1. The van der Waals surface area contributed by atoms with Crippen LogP contribution >= 0.6 is 27.7 Å². The fourth-order valence-electron chi connectivity index (χ4n) is 4.62. The summed E-state index contributed by atoms with van der Waals surface area (Å²) in [6.07, 6.45) is 1.53. The zero-order valence-corrected chi connectivity index (χ0v) is 27.7. The zero-order chi connectivity index (χ0) is 32.8. The molecule has 0 aromatic heterocycles. The highest BCUT2D eigenvalue weighted by molar-refractivity contribution is 9.10. The number of rotatable bonds is 10. The molecule has 1 fully saturated rings. The fourth-order valence-corrected chi connectivity index (χ4v) is 6.74. The predicted molar refractivity (Wildman–Crippen MR) is 181 cm³/mol. The molecule has 46 heavy (non-hydrogen) atoms. The van der Waals surface area contributed by atoms with E-state index in [9.17, 15) is 27.6 Å². The number of carbonyl (C=O) groups excluding carboxylic acids is 4. The number of carbonyl (C=O) groups is 4. The number of hydrogen-bond acceptors (Lipinski definition) is 7. The van der Waals surface area contributed by atoms with Crippen LogP contribution in [0.1, 0.15) is 16.7 Å². The summed E-state index contributed by atoms with van der Waals surface area (Å²) in [5.74, 6) is -2.42. The molecule has 0 bridgehead atoms. The number of nitrogens with one attached hydrogen (secondary N) is 2. The number of benzene rings is 4. The van der Waals surface area contributed by atoms with Crippen molar-refractivity contribution in [1.29, 1.82) is 0 Å². The molecule has 1 aliphatic rings. The van der Waals surface area contributed by atoms with E-state index in [0.717, 1.165) is 26.1 Å². The van der Waals surface area contributed by atoms with Gasteiger partial charge in [-0.1, -0.05) is 100 Å². The molecule has 9 nitrogen and oxygen atoms in total. The van der Waals surface area contributed by atoms with Crippen molar-refractivity contribution in [2.75, 3.05) is 6.54 Å². The van der Waals surface area contributed by atoms with Crippen LogP contribution in [0, 0.1) is 6.92 Å². The number of amides is 4. The standard InChI is InChI=1S/C34H28BrN3O6S2/c1-22-7-17-28(18-8-22)46(43,44)37-32(40)29(19-23-11-15-27(35)16-12-23)36-31(39)21-38-33(41)30(45-34(38)42)20-24-9-13-26(14-10-24)25-5-3-2-4-6-25/h2-18,20,29H,19,21H2,1H3,(H,36,39)(H,37,40)/t29-/m0/s1. The van der Waals surface area contributed by atoms with Crippen molar-refractivity contribution in [3.8, 4) is 11.1 Å². The molecular formula is C34H28BrN3O6S2. The summed E-state index contributed by atoms with van der Waals surface area (Å²) in [6, 6.07) is 28.8. The van der Waals surface area contributed by atoms with Crippen molar-refractivity contribution in [2.45, 2.75) is 24.3 Å². The second-order valence-electron chi connectivity index (χ2n) is 10.5. The molecule has 12 heteroatoms. The summed E-state index contributed by atoms with van der Waals surface area (Å²) in [5, 5.41) is 1.88. The number of imide groups is 1. The molecule has 0 saturated carbocycles. The van der Waals surface area contributed by atoms with Gasteiger partial charge in [-0.2, -0.15) is 0 Å². The summed E-state index contributed by atoms with van der Waals surface area (Å²) >= 11 is 4.06. The first-order valence-electron chi connectivity index (χ1n) is 14.1. The normalized spacial score (nSPS) is 14.7. The van der Waals surface area contributed by atoms with E-state index in [4.69, 9.17) is 0 Å². The Morgan fingerprint density at radius 1 is 0.870 bits per heavy atom. The lowest BCUT2D eigenvalue weighted by Gasteiger charge is -2.20. The molecule has 1 heterocycles. The Labute approximate surface area is 279 Å². The molecular weight excluding hydrogens is 690 g/mol. The minimum absolute atomic E-state index is 0.0466. The van der Waals surface area contributed by atoms with E-state index < -0.39 is 45.6 Å². The van der Waals surface area contributed by atoms with Gasteiger partial charge < -0.3 is 5.32 Å². The van der Waals surface area contributed by atoms with Gasteiger partial charge in [0.25, 0.3) is 27.1 Å². The zero-order valence-electron chi connectivity index (χ0n) is 24.5. The third-order valence-corrected chi connectivity index (χ3v) is 9.86. The Morgan fingerprint density at radius 2 is 1.50 bits per heavy atom. The molecule has 0 radical (unpaired) electrons. The maximum absolute atomic E-state index is 13.3. The smallest absolute Gasteiger partial charge is 0.294 e. The van der Waals surface area contributed by atoms with E-state index in [0.29, 0.717) is 22.9 Å². The highest BCUT2D eigenvalue weighted by Crippen LogP contribution is 2.32. The summed E-state index contributed by atoms with van der Waals surface area (Å²) in [6.45, 7) is 1.15. The third-order valence-electron chi connectivity index (χ3n) is 7.06. The lowest BCUT2D eigenvalue weighted by Crippen LogP contribution is -2.52. The maximum Gasteiger partial charge on any atom is 0.294 e. The van der Waals surface area contributed by atoms with Gasteiger partial charge in [0.05, 0.1) is 9.80 Å². The largest absolute Gasteiger partial charge is 0.342 e. The molecule has 4 aromatic carbocycles. The van der Waals surface area contributed by atoms with Gasteiger partial charge in [0, 0.05) is 10.9 Å². The van der Waals surface area contributed by atoms with Gasteiger partial charge in [-0.15, -0.1) is 0 Å². The predicted octanol–water partition coefficient (Wildman–Crippen LogP) is 5.69. The minimum Gasteiger partial charge on any atom is -0.342 e. The van der Waals surface area contributed by atoms with Crippen molar-refractivity contribution in [1.82, 2.24) is 14.9 Å². The molecule has 5 rings (SSSR count). The molecule has 1 saturated heterocycles. The van der Waals surface area contributed by atoms with E-state index in [2.05, 4.69) is 21.2 Å². The van der Waals surface area contributed by atoms with Crippen molar-refractivity contribution in [2.24, 2.45) is 0 Å². The molecule has 4 amide bonds. The second-order valence-corrected chi connectivity index (χ2v) is 14.1. The number of thioether (sulfide) groups is 1. The van der Waals surface area contributed by atoms with Crippen molar-refractivity contribution in [3.63, 3.8) is 0 Å².